The van der Waals surface area contributed by atoms with Crippen LogP contribution in [0.25, 0.3) is 0 Å². The number of amides is 1. The predicted molar refractivity (Wildman–Crippen MR) is 92.4 cm³/mol. The molecule has 0 saturated heterocycles. The highest BCUT2D eigenvalue weighted by Crippen LogP contribution is 2.14. The minimum atomic E-state index is -0.0000839. The van der Waals surface area contributed by atoms with Gasteiger partial charge in [-0.15, -0.1) is 11.3 Å². The van der Waals surface area contributed by atoms with Gasteiger partial charge in [-0.25, -0.2) is 4.98 Å². The number of nitrogens with one attached hydrogen (secondary N) is 1. The van der Waals surface area contributed by atoms with Crippen LogP contribution >= 0.6 is 11.3 Å². The number of nitrogens with zero attached hydrogens (tertiary/aromatic N) is 2. The smallest absolute Gasteiger partial charge is 0.240 e. The van der Waals surface area contributed by atoms with Gasteiger partial charge < -0.3 is 5.32 Å². The van der Waals surface area contributed by atoms with E-state index < -0.39 is 0 Å². The lowest BCUT2D eigenvalue weighted by Gasteiger charge is -2.15. The average molecular weight is 317 g/mol. The first kappa shape index (κ1) is 16.6. The summed E-state index contributed by atoms with van der Waals surface area (Å²) in [7, 11) is 1.98. The molecule has 5 heteroatoms. The van der Waals surface area contributed by atoms with Crippen molar-refractivity contribution in [2.24, 2.45) is 0 Å². The van der Waals surface area contributed by atoms with Gasteiger partial charge >= 0.3 is 0 Å². The molecule has 0 aliphatic carbocycles. The van der Waals surface area contributed by atoms with Crippen LogP contribution in [0.1, 0.15) is 24.1 Å². The van der Waals surface area contributed by atoms with Crippen LogP contribution in [0.5, 0.6) is 0 Å². The molecule has 0 aliphatic rings. The minimum absolute atomic E-state index is 0.0000839. The second kappa shape index (κ2) is 8.66. The van der Waals surface area contributed by atoms with Gasteiger partial charge in [0.05, 0.1) is 12.2 Å². The topological polar surface area (TPSA) is 45.2 Å². The predicted octanol–water partition coefficient (Wildman–Crippen LogP) is 3.34. The molecule has 1 amide bonds. The number of aryl methyl sites for hydroxylation is 2. The Morgan fingerprint density at radius 3 is 2.73 bits per heavy atom. The fourth-order valence-corrected chi connectivity index (χ4v) is 2.95. The van der Waals surface area contributed by atoms with Gasteiger partial charge in [0.15, 0.2) is 5.13 Å². The van der Waals surface area contributed by atoms with E-state index in [-0.39, 0.29) is 5.91 Å². The van der Waals surface area contributed by atoms with Gasteiger partial charge in [0, 0.05) is 5.38 Å². The molecule has 4 nitrogen and oxygen atoms in total. The first-order valence-electron chi connectivity index (χ1n) is 7.58. The van der Waals surface area contributed by atoms with E-state index in [0.29, 0.717) is 11.7 Å². The average Bonchev–Trinajstić information content (AvgIpc) is 2.89. The first-order valence-corrected chi connectivity index (χ1v) is 8.46. The minimum Gasteiger partial charge on any atom is -0.301 e. The van der Waals surface area contributed by atoms with Crippen LogP contribution < -0.4 is 5.32 Å². The maximum Gasteiger partial charge on any atom is 0.240 e. The molecule has 1 aromatic heterocycles. The lowest BCUT2D eigenvalue weighted by Crippen LogP contribution is -2.30. The van der Waals surface area contributed by atoms with Gasteiger partial charge in [0.1, 0.15) is 0 Å². The monoisotopic (exact) mass is 317 g/mol. The van der Waals surface area contributed by atoms with Crippen molar-refractivity contribution < 1.29 is 4.79 Å². The van der Waals surface area contributed by atoms with Crippen molar-refractivity contribution >= 4 is 22.4 Å². The third-order valence-electron chi connectivity index (χ3n) is 3.38. The van der Waals surface area contributed by atoms with Crippen LogP contribution in [0.2, 0.25) is 0 Å². The zero-order valence-electron chi connectivity index (χ0n) is 13.2. The van der Waals surface area contributed by atoms with Gasteiger partial charge in [0.2, 0.25) is 5.91 Å². The molecule has 2 aromatic rings. The zero-order chi connectivity index (χ0) is 15.8. The van der Waals surface area contributed by atoms with E-state index >= 15 is 0 Å². The molecule has 0 saturated carbocycles. The van der Waals surface area contributed by atoms with E-state index in [2.05, 4.69) is 39.5 Å². The van der Waals surface area contributed by atoms with Crippen molar-refractivity contribution in [2.75, 3.05) is 25.5 Å². The van der Waals surface area contributed by atoms with Crippen molar-refractivity contribution in [2.45, 2.75) is 26.2 Å². The molecule has 1 aromatic carbocycles. The van der Waals surface area contributed by atoms with Crippen molar-refractivity contribution in [3.63, 3.8) is 0 Å². The summed E-state index contributed by atoms with van der Waals surface area (Å²) in [5, 5.41) is 5.45. The molecular formula is C17H23N3OS. The Morgan fingerprint density at radius 2 is 2.05 bits per heavy atom. The number of anilines is 1. The molecule has 1 heterocycles. The molecule has 0 aliphatic heterocycles. The summed E-state index contributed by atoms with van der Waals surface area (Å²) in [6, 6.07) is 10.5. The van der Waals surface area contributed by atoms with Crippen molar-refractivity contribution in [3.05, 3.63) is 47.0 Å². The Hall–Kier alpha value is -1.72. The second-order valence-electron chi connectivity index (χ2n) is 5.52. The third kappa shape index (κ3) is 5.95. The van der Waals surface area contributed by atoms with E-state index in [1.807, 2.05) is 25.4 Å². The largest absolute Gasteiger partial charge is 0.301 e. The number of thiazole rings is 1. The Labute approximate surface area is 136 Å². The van der Waals surface area contributed by atoms with Gasteiger partial charge in [-0.3, -0.25) is 9.69 Å². The standard InChI is InChI=1S/C17H23N3OS/c1-14-13-22-17(18-14)19-16(21)12-20(2)11-7-6-10-15-8-4-3-5-9-15/h3-5,8-9,13H,6-7,10-12H2,1-2H3,(H,18,19,21). The second-order valence-corrected chi connectivity index (χ2v) is 6.38. The molecule has 2 rings (SSSR count). The van der Waals surface area contributed by atoms with Gasteiger partial charge in [0.25, 0.3) is 0 Å². The van der Waals surface area contributed by atoms with Crippen LogP contribution in [-0.4, -0.2) is 35.9 Å². The number of rotatable bonds is 8. The van der Waals surface area contributed by atoms with Crippen molar-refractivity contribution in [1.82, 2.24) is 9.88 Å². The molecule has 0 unspecified atom stereocenters. The number of hydrogen-bond acceptors (Lipinski definition) is 4. The van der Waals surface area contributed by atoms with E-state index in [0.717, 1.165) is 31.5 Å². The van der Waals surface area contributed by atoms with Crippen LogP contribution in [-0.2, 0) is 11.2 Å². The van der Waals surface area contributed by atoms with Gasteiger partial charge in [-0.05, 0) is 45.3 Å². The Kier molecular flexibility index (Phi) is 6.55. The molecule has 22 heavy (non-hydrogen) atoms. The summed E-state index contributed by atoms with van der Waals surface area (Å²) in [6.07, 6.45) is 3.33. The Bertz CT molecular complexity index is 583. The quantitative estimate of drug-likeness (QED) is 0.760. The molecule has 1 N–H and O–H groups in total. The molecular weight excluding hydrogens is 294 g/mol. The summed E-state index contributed by atoms with van der Waals surface area (Å²) >= 11 is 1.46. The van der Waals surface area contributed by atoms with Gasteiger partial charge in [-0.1, -0.05) is 30.3 Å². The lowest BCUT2D eigenvalue weighted by molar-refractivity contribution is -0.117. The summed E-state index contributed by atoms with van der Waals surface area (Å²) in [4.78, 5) is 18.2. The highest BCUT2D eigenvalue weighted by atomic mass is 32.1. The summed E-state index contributed by atoms with van der Waals surface area (Å²) < 4.78 is 0. The summed E-state index contributed by atoms with van der Waals surface area (Å²) in [5.41, 5.74) is 2.32. The highest BCUT2D eigenvalue weighted by molar-refractivity contribution is 7.13. The zero-order valence-corrected chi connectivity index (χ0v) is 14.0. The molecule has 0 atom stereocenters. The number of benzene rings is 1. The van der Waals surface area contributed by atoms with Crippen molar-refractivity contribution in [3.8, 4) is 0 Å². The number of aromatic nitrogens is 1. The summed E-state index contributed by atoms with van der Waals surface area (Å²) in [5.74, 6) is -0.0000839. The van der Waals surface area contributed by atoms with E-state index in [1.165, 1.54) is 16.9 Å². The normalized spacial score (nSPS) is 10.9. The van der Waals surface area contributed by atoms with Crippen molar-refractivity contribution in [1.29, 1.82) is 0 Å². The molecule has 118 valence electrons. The van der Waals surface area contributed by atoms with E-state index in [9.17, 15) is 4.79 Å². The van der Waals surface area contributed by atoms with Crippen LogP contribution in [0, 0.1) is 6.92 Å². The van der Waals surface area contributed by atoms with E-state index in [4.69, 9.17) is 0 Å². The van der Waals surface area contributed by atoms with Crippen LogP contribution in [0.4, 0.5) is 5.13 Å². The Morgan fingerprint density at radius 1 is 1.27 bits per heavy atom. The number of likely N-dealkylation sites (N-methyl/N-ethyl adjacent to an activating group) is 1. The molecule has 0 bridgehead atoms. The maximum atomic E-state index is 11.9. The van der Waals surface area contributed by atoms with E-state index in [1.54, 1.807) is 0 Å². The van der Waals surface area contributed by atoms with Crippen LogP contribution in [0.15, 0.2) is 35.7 Å². The molecule has 0 fully saturated rings. The third-order valence-corrected chi connectivity index (χ3v) is 4.25. The Balaban J connectivity index is 1.61. The lowest BCUT2D eigenvalue weighted by atomic mass is 10.1. The maximum absolute atomic E-state index is 11.9. The number of carbonyl (C=O) groups is 1. The first-order chi connectivity index (χ1) is 10.6. The number of carbonyl (C=O) groups excluding carboxylic acids is 1. The van der Waals surface area contributed by atoms with Crippen LogP contribution in [0.3, 0.4) is 0 Å². The summed E-state index contributed by atoms with van der Waals surface area (Å²) in [6.45, 7) is 3.26. The highest BCUT2D eigenvalue weighted by Gasteiger charge is 2.08. The fourth-order valence-electron chi connectivity index (χ4n) is 2.25. The number of hydrogen-bond donors (Lipinski definition) is 1. The number of unbranched alkanes of at least 4 members (excludes halogenated alkanes) is 1. The van der Waals surface area contributed by atoms with Gasteiger partial charge in [-0.2, -0.15) is 0 Å². The molecule has 0 radical (unpaired) electrons. The SMILES string of the molecule is Cc1csc(NC(=O)CN(C)CCCCc2ccccc2)n1. The molecule has 0 spiro atoms. The fraction of sp³-hybridized carbons (Fsp3) is 0.412.